The van der Waals surface area contributed by atoms with Crippen molar-refractivity contribution < 1.29 is 14.1 Å². The Bertz CT molecular complexity index is 484. The molecular formula is C14H25ClN4O3S. The van der Waals surface area contributed by atoms with Gasteiger partial charge in [-0.05, 0) is 13.3 Å². The van der Waals surface area contributed by atoms with Gasteiger partial charge in [0.15, 0.2) is 5.82 Å². The van der Waals surface area contributed by atoms with E-state index < -0.39 is 0 Å². The maximum Gasteiger partial charge on any atom is 0.235 e. The quantitative estimate of drug-likeness (QED) is 0.583. The Labute approximate surface area is 146 Å². The first-order valence-corrected chi connectivity index (χ1v) is 8.51. The number of carbonyl (C=O) groups is 2. The summed E-state index contributed by atoms with van der Waals surface area (Å²) in [5, 5.41) is 9.15. The molecule has 1 heterocycles. The highest BCUT2D eigenvalue weighted by Crippen LogP contribution is 2.08. The topological polar surface area (TPSA) is 110 Å². The number of amides is 2. The molecule has 0 aromatic carbocycles. The molecule has 2 amide bonds. The van der Waals surface area contributed by atoms with Crippen LogP contribution in [-0.2, 0) is 9.59 Å². The molecule has 1 unspecified atom stereocenters. The van der Waals surface area contributed by atoms with E-state index in [0.29, 0.717) is 18.1 Å². The van der Waals surface area contributed by atoms with Crippen molar-refractivity contribution in [2.45, 2.75) is 39.2 Å². The second kappa shape index (κ2) is 12.2. The molecule has 23 heavy (non-hydrogen) atoms. The molecule has 1 aromatic rings. The lowest BCUT2D eigenvalue weighted by Gasteiger charge is -2.16. The number of nitrogens with two attached hydrogens (primary N) is 1. The van der Waals surface area contributed by atoms with Crippen molar-refractivity contribution in [2.75, 3.05) is 23.4 Å². The zero-order valence-electron chi connectivity index (χ0n) is 13.5. The molecule has 0 aliphatic rings. The van der Waals surface area contributed by atoms with Crippen LogP contribution in [0.2, 0.25) is 0 Å². The summed E-state index contributed by atoms with van der Waals surface area (Å²) in [7, 11) is 0. The van der Waals surface area contributed by atoms with Gasteiger partial charge in [-0.1, -0.05) is 24.9 Å². The van der Waals surface area contributed by atoms with E-state index >= 15 is 0 Å². The summed E-state index contributed by atoms with van der Waals surface area (Å²) in [6.45, 7) is 4.27. The number of nitrogens with one attached hydrogen (secondary N) is 2. The summed E-state index contributed by atoms with van der Waals surface area (Å²) in [5.74, 6) is 1.11. The van der Waals surface area contributed by atoms with E-state index in [1.807, 2.05) is 0 Å². The van der Waals surface area contributed by atoms with Gasteiger partial charge < -0.3 is 20.9 Å². The fraction of sp³-hybridized carbons (Fsp3) is 0.643. The van der Waals surface area contributed by atoms with Crippen LogP contribution in [0.5, 0.6) is 0 Å². The standard InChI is InChI=1S/C14H24N4O3S.ClH/c1-3-4-5-11(7-15)16-13(19)8-22-9-14(20)17-12-6-10(2)21-18-12;/h6,11H,3-5,7-9,15H2,1-2H3,(H,16,19)(H,17,18,20);1H. The number of unbranched alkanes of at least 4 members (excludes halogenated alkanes) is 1. The Morgan fingerprint density at radius 1 is 1.39 bits per heavy atom. The van der Waals surface area contributed by atoms with Crippen LogP contribution in [0.3, 0.4) is 0 Å². The minimum absolute atomic E-state index is 0. The van der Waals surface area contributed by atoms with Crippen molar-refractivity contribution in [2.24, 2.45) is 5.73 Å². The van der Waals surface area contributed by atoms with Crippen molar-refractivity contribution in [3.8, 4) is 0 Å². The van der Waals surface area contributed by atoms with Gasteiger partial charge in [0.2, 0.25) is 11.8 Å². The van der Waals surface area contributed by atoms with Crippen LogP contribution in [-0.4, -0.2) is 41.1 Å². The minimum atomic E-state index is -0.215. The van der Waals surface area contributed by atoms with E-state index in [1.54, 1.807) is 13.0 Å². The minimum Gasteiger partial charge on any atom is -0.360 e. The molecule has 1 atom stereocenters. The summed E-state index contributed by atoms with van der Waals surface area (Å²) < 4.78 is 4.85. The highest BCUT2D eigenvalue weighted by atomic mass is 35.5. The zero-order valence-corrected chi connectivity index (χ0v) is 15.1. The van der Waals surface area contributed by atoms with Crippen LogP contribution in [0, 0.1) is 6.92 Å². The van der Waals surface area contributed by atoms with Crippen LogP contribution < -0.4 is 16.4 Å². The molecule has 0 saturated heterocycles. The lowest BCUT2D eigenvalue weighted by atomic mass is 10.1. The normalized spacial score (nSPS) is 11.4. The maximum absolute atomic E-state index is 11.8. The van der Waals surface area contributed by atoms with Gasteiger partial charge in [-0.3, -0.25) is 9.59 Å². The number of aryl methyl sites for hydroxylation is 1. The van der Waals surface area contributed by atoms with Crippen molar-refractivity contribution in [3.63, 3.8) is 0 Å². The fourth-order valence-corrected chi connectivity index (χ4v) is 2.44. The number of rotatable bonds is 10. The fourth-order valence-electron chi connectivity index (χ4n) is 1.81. The zero-order chi connectivity index (χ0) is 16.4. The number of nitrogens with zero attached hydrogens (tertiary/aromatic N) is 1. The number of thioether (sulfide) groups is 1. The number of anilines is 1. The number of carbonyl (C=O) groups excluding carboxylic acids is 2. The number of halogens is 1. The molecule has 0 aliphatic carbocycles. The van der Waals surface area contributed by atoms with Crippen molar-refractivity contribution in [1.82, 2.24) is 10.5 Å². The maximum atomic E-state index is 11.8. The molecule has 1 rings (SSSR count). The molecule has 1 aromatic heterocycles. The van der Waals surface area contributed by atoms with Gasteiger partial charge in [-0.25, -0.2) is 0 Å². The highest BCUT2D eigenvalue weighted by Gasteiger charge is 2.11. The molecule has 0 spiro atoms. The Balaban J connectivity index is 0.00000484. The molecule has 4 N–H and O–H groups in total. The Morgan fingerprint density at radius 2 is 2.09 bits per heavy atom. The molecule has 9 heteroatoms. The summed E-state index contributed by atoms with van der Waals surface area (Å²) in [4.78, 5) is 23.4. The molecule has 0 aliphatic heterocycles. The van der Waals surface area contributed by atoms with Crippen LogP contribution >= 0.6 is 24.2 Å². The summed E-state index contributed by atoms with van der Waals surface area (Å²) in [5.41, 5.74) is 5.63. The number of hydrogen-bond donors (Lipinski definition) is 3. The first-order chi connectivity index (χ1) is 10.5. The average molecular weight is 365 g/mol. The predicted octanol–water partition coefficient (Wildman–Crippen LogP) is 1.71. The molecular weight excluding hydrogens is 340 g/mol. The van der Waals surface area contributed by atoms with Gasteiger partial charge in [-0.15, -0.1) is 24.2 Å². The predicted molar refractivity (Wildman–Crippen MR) is 95.0 cm³/mol. The van der Waals surface area contributed by atoms with E-state index in [2.05, 4.69) is 22.7 Å². The van der Waals surface area contributed by atoms with Gasteiger partial charge in [0.05, 0.1) is 11.5 Å². The lowest BCUT2D eigenvalue weighted by molar-refractivity contribution is -0.119. The molecule has 7 nitrogen and oxygen atoms in total. The van der Waals surface area contributed by atoms with Gasteiger partial charge in [0, 0.05) is 18.7 Å². The highest BCUT2D eigenvalue weighted by molar-refractivity contribution is 8.00. The first-order valence-electron chi connectivity index (χ1n) is 7.35. The third-order valence-electron chi connectivity index (χ3n) is 2.92. The van der Waals surface area contributed by atoms with Crippen molar-refractivity contribution in [3.05, 3.63) is 11.8 Å². The van der Waals surface area contributed by atoms with E-state index in [4.69, 9.17) is 10.3 Å². The summed E-state index contributed by atoms with van der Waals surface area (Å²) in [6.07, 6.45) is 2.99. The summed E-state index contributed by atoms with van der Waals surface area (Å²) >= 11 is 1.25. The van der Waals surface area contributed by atoms with E-state index in [1.165, 1.54) is 11.8 Å². The molecule has 0 bridgehead atoms. The third-order valence-corrected chi connectivity index (χ3v) is 3.85. The Kier molecular flexibility index (Phi) is 11.5. The average Bonchev–Trinajstić information content (AvgIpc) is 2.88. The lowest BCUT2D eigenvalue weighted by Crippen LogP contribution is -2.41. The molecule has 0 saturated carbocycles. The van der Waals surface area contributed by atoms with Crippen LogP contribution in [0.25, 0.3) is 0 Å². The SMILES string of the molecule is CCCCC(CN)NC(=O)CSCC(=O)Nc1cc(C)on1.Cl. The summed E-state index contributed by atoms with van der Waals surface area (Å²) in [6, 6.07) is 1.65. The first kappa shape index (κ1) is 21.8. The van der Waals surface area contributed by atoms with E-state index in [0.717, 1.165) is 19.3 Å². The smallest absolute Gasteiger partial charge is 0.235 e. The molecule has 132 valence electrons. The van der Waals surface area contributed by atoms with Crippen LogP contribution in [0.15, 0.2) is 10.6 Å². The van der Waals surface area contributed by atoms with Crippen LogP contribution in [0.4, 0.5) is 5.82 Å². The third kappa shape index (κ3) is 9.47. The largest absolute Gasteiger partial charge is 0.360 e. The van der Waals surface area contributed by atoms with Gasteiger partial charge in [0.25, 0.3) is 0 Å². The van der Waals surface area contributed by atoms with E-state index in [9.17, 15) is 9.59 Å². The van der Waals surface area contributed by atoms with Crippen molar-refractivity contribution in [1.29, 1.82) is 0 Å². The van der Waals surface area contributed by atoms with Gasteiger partial charge >= 0.3 is 0 Å². The molecule has 0 fully saturated rings. The number of hydrogen-bond acceptors (Lipinski definition) is 6. The second-order valence-corrected chi connectivity index (χ2v) is 5.99. The second-order valence-electron chi connectivity index (χ2n) is 5.01. The van der Waals surface area contributed by atoms with Crippen molar-refractivity contribution >= 4 is 41.8 Å². The number of aromatic nitrogens is 1. The molecule has 0 radical (unpaired) electrons. The Morgan fingerprint density at radius 3 is 2.65 bits per heavy atom. The monoisotopic (exact) mass is 364 g/mol. The van der Waals surface area contributed by atoms with E-state index in [-0.39, 0.29) is 41.8 Å². The van der Waals surface area contributed by atoms with Gasteiger partial charge in [0.1, 0.15) is 5.76 Å². The van der Waals surface area contributed by atoms with Gasteiger partial charge in [-0.2, -0.15) is 0 Å². The van der Waals surface area contributed by atoms with Crippen LogP contribution in [0.1, 0.15) is 31.9 Å². The Hall–Kier alpha value is -1.25.